The molecule has 2 fully saturated rings. The number of halogens is 1. The van der Waals surface area contributed by atoms with Crippen LogP contribution in [0.2, 0.25) is 0 Å². The molecule has 2 aliphatic rings. The lowest BCUT2D eigenvalue weighted by atomic mass is 9.99. The zero-order valence-corrected chi connectivity index (χ0v) is 19.3. The number of nitrogens with zero attached hydrogens (tertiary/aromatic N) is 4. The number of hydrogen-bond donors (Lipinski definition) is 1. The zero-order chi connectivity index (χ0) is 18.2. The van der Waals surface area contributed by atoms with E-state index < -0.39 is 0 Å². The Labute approximate surface area is 182 Å². The highest BCUT2D eigenvalue weighted by Crippen LogP contribution is 2.20. The normalized spacial score (nSPS) is 21.9. The second kappa shape index (κ2) is 11.9. The maximum Gasteiger partial charge on any atom is 0.193 e. The van der Waals surface area contributed by atoms with E-state index >= 15 is 0 Å². The van der Waals surface area contributed by atoms with Crippen molar-refractivity contribution >= 4 is 29.9 Å². The fourth-order valence-corrected chi connectivity index (χ4v) is 4.13. The summed E-state index contributed by atoms with van der Waals surface area (Å²) in [5.74, 6) is 1.81. The lowest BCUT2D eigenvalue weighted by molar-refractivity contribution is 0.139. The molecule has 6 heteroatoms. The van der Waals surface area contributed by atoms with E-state index in [9.17, 15) is 0 Å². The molecule has 0 saturated carbocycles. The molecule has 0 amide bonds. The molecule has 1 aromatic rings. The molecule has 1 aromatic carbocycles. The van der Waals surface area contributed by atoms with Crippen molar-refractivity contribution in [3.05, 3.63) is 35.9 Å². The highest BCUT2D eigenvalue weighted by molar-refractivity contribution is 14.0. The summed E-state index contributed by atoms with van der Waals surface area (Å²) in [6, 6.07) is 10.9. The van der Waals surface area contributed by atoms with E-state index in [2.05, 4.69) is 62.3 Å². The van der Waals surface area contributed by atoms with E-state index in [4.69, 9.17) is 0 Å². The first-order valence-corrected chi connectivity index (χ1v) is 10.2. The minimum atomic E-state index is 0. The lowest BCUT2D eigenvalue weighted by Gasteiger charge is -2.34. The molecule has 0 bridgehead atoms. The minimum Gasteiger partial charge on any atom is -0.355 e. The van der Waals surface area contributed by atoms with Crippen LogP contribution in [0.15, 0.2) is 35.3 Å². The van der Waals surface area contributed by atoms with Gasteiger partial charge in [0.2, 0.25) is 0 Å². The van der Waals surface area contributed by atoms with Crippen LogP contribution in [0.25, 0.3) is 0 Å². The number of likely N-dealkylation sites (tertiary alicyclic amines) is 1. The highest BCUT2D eigenvalue weighted by atomic mass is 127. The monoisotopic (exact) mass is 485 g/mol. The van der Waals surface area contributed by atoms with Crippen LogP contribution in [0.5, 0.6) is 0 Å². The van der Waals surface area contributed by atoms with Crippen molar-refractivity contribution in [1.82, 2.24) is 20.0 Å². The molecule has 2 saturated heterocycles. The van der Waals surface area contributed by atoms with Crippen molar-refractivity contribution < 1.29 is 0 Å². The van der Waals surface area contributed by atoms with Crippen molar-refractivity contribution in [3.8, 4) is 0 Å². The fourth-order valence-electron chi connectivity index (χ4n) is 4.13. The van der Waals surface area contributed by atoms with Gasteiger partial charge in [-0.2, -0.15) is 0 Å². The minimum absolute atomic E-state index is 0. The summed E-state index contributed by atoms with van der Waals surface area (Å²) < 4.78 is 0. The largest absolute Gasteiger partial charge is 0.355 e. The first kappa shape index (κ1) is 22.4. The van der Waals surface area contributed by atoms with Gasteiger partial charge in [-0.05, 0) is 30.9 Å². The van der Waals surface area contributed by atoms with Gasteiger partial charge in [-0.1, -0.05) is 37.3 Å². The molecule has 2 aliphatic heterocycles. The van der Waals surface area contributed by atoms with Crippen LogP contribution >= 0.6 is 24.0 Å². The number of guanidine groups is 1. The van der Waals surface area contributed by atoms with Gasteiger partial charge in [0.1, 0.15) is 0 Å². The molecule has 0 spiro atoms. The molecule has 0 radical (unpaired) electrons. The van der Waals surface area contributed by atoms with E-state index in [-0.39, 0.29) is 24.0 Å². The highest BCUT2D eigenvalue weighted by Gasteiger charge is 2.25. The average molecular weight is 485 g/mol. The Morgan fingerprint density at radius 1 is 1.07 bits per heavy atom. The first-order valence-electron chi connectivity index (χ1n) is 10.2. The predicted molar refractivity (Wildman–Crippen MR) is 125 cm³/mol. The van der Waals surface area contributed by atoms with Crippen LogP contribution in [-0.2, 0) is 6.42 Å². The fraction of sp³-hybridized carbons (Fsp3) is 0.667. The molecule has 1 unspecified atom stereocenters. The molecule has 0 aromatic heterocycles. The van der Waals surface area contributed by atoms with Crippen LogP contribution in [0.4, 0.5) is 0 Å². The van der Waals surface area contributed by atoms with Crippen molar-refractivity contribution in [2.45, 2.75) is 19.8 Å². The smallest absolute Gasteiger partial charge is 0.193 e. The van der Waals surface area contributed by atoms with Gasteiger partial charge < -0.3 is 15.1 Å². The summed E-state index contributed by atoms with van der Waals surface area (Å²) in [6.07, 6.45) is 2.44. The number of aliphatic imine (C=N–C) groups is 1. The third kappa shape index (κ3) is 6.91. The van der Waals surface area contributed by atoms with E-state index in [1.165, 1.54) is 51.1 Å². The molecule has 5 nitrogen and oxygen atoms in total. The zero-order valence-electron chi connectivity index (χ0n) is 16.9. The van der Waals surface area contributed by atoms with Crippen molar-refractivity contribution in [2.24, 2.45) is 10.9 Å². The molecular weight excluding hydrogens is 449 g/mol. The van der Waals surface area contributed by atoms with Crippen LogP contribution in [0, 0.1) is 5.92 Å². The van der Waals surface area contributed by atoms with Gasteiger partial charge in [0.05, 0.1) is 0 Å². The van der Waals surface area contributed by atoms with Gasteiger partial charge in [-0.15, -0.1) is 24.0 Å². The number of piperazine rings is 1. The number of rotatable bonds is 6. The molecule has 0 aliphatic carbocycles. The second-order valence-electron chi connectivity index (χ2n) is 7.54. The third-order valence-corrected chi connectivity index (χ3v) is 5.79. The Kier molecular flexibility index (Phi) is 9.86. The van der Waals surface area contributed by atoms with Gasteiger partial charge in [0.15, 0.2) is 5.96 Å². The third-order valence-electron chi connectivity index (χ3n) is 5.79. The first-order chi connectivity index (χ1) is 12.8. The summed E-state index contributed by atoms with van der Waals surface area (Å²) in [5.41, 5.74) is 1.45. The SMILES string of the molecule is CCN1CCN(CCNC(=NC)N2CCC(Cc3ccccc3)C2)CC1.I. The van der Waals surface area contributed by atoms with E-state index in [0.29, 0.717) is 0 Å². The molecule has 1 atom stereocenters. The summed E-state index contributed by atoms with van der Waals surface area (Å²) in [7, 11) is 1.91. The summed E-state index contributed by atoms with van der Waals surface area (Å²) in [5, 5.41) is 3.59. The standard InChI is InChI=1S/C21H35N5.HI/c1-3-24-13-15-25(16-14-24)12-10-23-21(22-2)26-11-9-20(18-26)17-19-7-5-4-6-8-19;/h4-8,20H,3,9-18H2,1-2H3,(H,22,23);1H. The molecule has 152 valence electrons. The maximum atomic E-state index is 4.52. The second-order valence-corrected chi connectivity index (χ2v) is 7.54. The van der Waals surface area contributed by atoms with E-state index in [1.807, 2.05) is 7.05 Å². The lowest BCUT2D eigenvalue weighted by Crippen LogP contribution is -2.49. The van der Waals surface area contributed by atoms with Crippen molar-refractivity contribution in [1.29, 1.82) is 0 Å². The average Bonchev–Trinajstić information content (AvgIpc) is 3.15. The summed E-state index contributed by atoms with van der Waals surface area (Å²) in [4.78, 5) is 12.0. The van der Waals surface area contributed by atoms with E-state index in [0.717, 1.165) is 38.1 Å². The van der Waals surface area contributed by atoms with Crippen molar-refractivity contribution in [3.63, 3.8) is 0 Å². The van der Waals surface area contributed by atoms with Gasteiger partial charge in [-0.25, -0.2) is 0 Å². The molecule has 2 heterocycles. The van der Waals surface area contributed by atoms with Gasteiger partial charge in [0.25, 0.3) is 0 Å². The maximum absolute atomic E-state index is 4.52. The Morgan fingerprint density at radius 3 is 2.44 bits per heavy atom. The topological polar surface area (TPSA) is 34.1 Å². The number of hydrogen-bond acceptors (Lipinski definition) is 3. The van der Waals surface area contributed by atoms with Crippen LogP contribution in [0.1, 0.15) is 18.9 Å². The number of benzene rings is 1. The van der Waals surface area contributed by atoms with Gasteiger partial charge in [-0.3, -0.25) is 9.89 Å². The van der Waals surface area contributed by atoms with Crippen LogP contribution in [-0.4, -0.2) is 86.6 Å². The van der Waals surface area contributed by atoms with Gasteiger partial charge in [0, 0.05) is 59.4 Å². The van der Waals surface area contributed by atoms with Crippen LogP contribution < -0.4 is 5.32 Å². The van der Waals surface area contributed by atoms with Crippen LogP contribution in [0.3, 0.4) is 0 Å². The van der Waals surface area contributed by atoms with Crippen molar-refractivity contribution in [2.75, 3.05) is 66.0 Å². The number of nitrogens with one attached hydrogen (secondary N) is 1. The van der Waals surface area contributed by atoms with E-state index in [1.54, 1.807) is 0 Å². The predicted octanol–water partition coefficient (Wildman–Crippen LogP) is 2.38. The molecular formula is C21H36IN5. The molecule has 27 heavy (non-hydrogen) atoms. The molecule has 3 rings (SSSR count). The van der Waals surface area contributed by atoms with Gasteiger partial charge >= 0.3 is 0 Å². The summed E-state index contributed by atoms with van der Waals surface area (Å²) in [6.45, 7) is 12.6. The Balaban J connectivity index is 0.00000261. The Hall–Kier alpha value is -0.860. The molecule has 1 N–H and O–H groups in total. The Bertz CT molecular complexity index is 557. The quantitative estimate of drug-likeness (QED) is 0.381. The Morgan fingerprint density at radius 2 is 1.78 bits per heavy atom. The summed E-state index contributed by atoms with van der Waals surface area (Å²) >= 11 is 0. The number of likely N-dealkylation sites (N-methyl/N-ethyl adjacent to an activating group) is 1.